The molecule has 2 rings (SSSR count). The van der Waals surface area contributed by atoms with Gasteiger partial charge < -0.3 is 4.84 Å². The summed E-state index contributed by atoms with van der Waals surface area (Å²) in [5.41, 5.74) is -0.0974. The van der Waals surface area contributed by atoms with Crippen molar-refractivity contribution < 1.29 is 14.0 Å². The van der Waals surface area contributed by atoms with E-state index in [1.807, 2.05) is 0 Å². The fourth-order valence-corrected chi connectivity index (χ4v) is 2.99. The Balaban J connectivity index is 2.13. The monoisotopic (exact) mass is 352 g/mol. The van der Waals surface area contributed by atoms with Crippen molar-refractivity contribution in [2.75, 3.05) is 13.1 Å². The molecule has 1 aromatic rings. The molecule has 0 bridgehead atoms. The van der Waals surface area contributed by atoms with Gasteiger partial charge in [-0.2, -0.15) is 5.26 Å². The van der Waals surface area contributed by atoms with Crippen molar-refractivity contribution in [2.24, 2.45) is 5.41 Å². The lowest BCUT2D eigenvalue weighted by Gasteiger charge is -2.40. The molecule has 4 nitrogen and oxygen atoms in total. The van der Waals surface area contributed by atoms with Crippen molar-refractivity contribution in [1.29, 1.82) is 5.26 Å². The van der Waals surface area contributed by atoms with E-state index in [0.717, 1.165) is 5.56 Å². The number of hydrogen-bond donors (Lipinski definition) is 0. The Labute approximate surface area is 147 Å². The molecule has 0 spiro atoms. The molecule has 0 aliphatic carbocycles. The van der Waals surface area contributed by atoms with Crippen LogP contribution in [-0.2, 0) is 15.0 Å². The molecule has 1 aliphatic rings. The van der Waals surface area contributed by atoms with Crippen LogP contribution in [0.25, 0.3) is 0 Å². The summed E-state index contributed by atoms with van der Waals surface area (Å²) in [5, 5.41) is 10.9. The summed E-state index contributed by atoms with van der Waals surface area (Å²) in [5.74, 6) is -0.746. The van der Waals surface area contributed by atoms with Crippen molar-refractivity contribution in [3.05, 3.63) is 34.6 Å². The molecule has 1 aliphatic heterocycles. The van der Waals surface area contributed by atoms with Gasteiger partial charge in [0.05, 0.1) is 16.5 Å². The summed E-state index contributed by atoms with van der Waals surface area (Å²) in [4.78, 5) is 17.4. The summed E-state index contributed by atoms with van der Waals surface area (Å²) >= 11 is 5.91. The van der Waals surface area contributed by atoms with Gasteiger partial charge in [0.25, 0.3) is 0 Å². The van der Waals surface area contributed by atoms with Crippen LogP contribution in [0.1, 0.15) is 45.6 Å². The van der Waals surface area contributed by atoms with Gasteiger partial charge in [0.2, 0.25) is 0 Å². The number of halogens is 2. The highest BCUT2D eigenvalue weighted by molar-refractivity contribution is 6.30. The molecule has 130 valence electrons. The average molecular weight is 353 g/mol. The molecule has 0 N–H and O–H groups in total. The van der Waals surface area contributed by atoms with Crippen LogP contribution in [-0.4, -0.2) is 24.1 Å². The van der Waals surface area contributed by atoms with E-state index in [0.29, 0.717) is 32.4 Å². The topological polar surface area (TPSA) is 53.3 Å². The molecule has 6 heteroatoms. The largest absolute Gasteiger partial charge is 0.367 e. The fourth-order valence-electron chi connectivity index (χ4n) is 2.80. The van der Waals surface area contributed by atoms with Crippen LogP contribution < -0.4 is 0 Å². The molecule has 1 fully saturated rings. The number of benzene rings is 1. The van der Waals surface area contributed by atoms with E-state index in [-0.39, 0.29) is 11.0 Å². The third-order valence-electron chi connectivity index (χ3n) is 4.45. The number of hydroxylamine groups is 2. The standard InChI is InChI=1S/C18H22ClFN2O2/c1-17(2,3)16(23)24-22-10-7-18(6-9-21,8-11-22)13-4-5-15(20)14(19)12-13/h4-5,12H,6-8,10-11H2,1-3H3. The first kappa shape index (κ1) is 18.7. The quantitative estimate of drug-likeness (QED) is 0.816. The first-order valence-corrected chi connectivity index (χ1v) is 8.36. The zero-order chi connectivity index (χ0) is 18.0. The zero-order valence-corrected chi connectivity index (χ0v) is 15.0. The number of nitrogens with zero attached hydrogens (tertiary/aromatic N) is 2. The minimum absolute atomic E-state index is 0.0615. The Morgan fingerprint density at radius 2 is 2.04 bits per heavy atom. The second-order valence-corrected chi connectivity index (χ2v) is 7.71. The van der Waals surface area contributed by atoms with Gasteiger partial charge in [-0.15, -0.1) is 5.06 Å². The van der Waals surface area contributed by atoms with Crippen LogP contribution in [0.3, 0.4) is 0 Å². The lowest BCUT2D eigenvalue weighted by molar-refractivity contribution is -0.207. The minimum atomic E-state index is -0.564. The van der Waals surface area contributed by atoms with Gasteiger partial charge in [-0.3, -0.25) is 0 Å². The number of nitriles is 1. The minimum Gasteiger partial charge on any atom is -0.367 e. The Morgan fingerprint density at radius 3 is 2.54 bits per heavy atom. The van der Waals surface area contributed by atoms with Crippen molar-refractivity contribution in [1.82, 2.24) is 5.06 Å². The Bertz CT molecular complexity index is 656. The summed E-state index contributed by atoms with van der Waals surface area (Å²) in [7, 11) is 0. The van der Waals surface area contributed by atoms with Crippen molar-refractivity contribution >= 4 is 17.6 Å². The maximum atomic E-state index is 13.4. The molecule has 1 aromatic carbocycles. The number of carbonyl (C=O) groups is 1. The highest BCUT2D eigenvalue weighted by Gasteiger charge is 2.38. The molecule has 0 amide bonds. The van der Waals surface area contributed by atoms with Crippen LogP contribution in [0, 0.1) is 22.6 Å². The molecule has 0 radical (unpaired) electrons. The van der Waals surface area contributed by atoms with E-state index >= 15 is 0 Å². The van der Waals surface area contributed by atoms with Crippen LogP contribution >= 0.6 is 11.6 Å². The van der Waals surface area contributed by atoms with Crippen molar-refractivity contribution in [2.45, 2.75) is 45.4 Å². The van der Waals surface area contributed by atoms with Gasteiger partial charge in [-0.1, -0.05) is 17.7 Å². The second kappa shape index (κ2) is 7.08. The number of rotatable bonds is 3. The molecule has 1 heterocycles. The number of hydrogen-bond acceptors (Lipinski definition) is 4. The van der Waals surface area contributed by atoms with Gasteiger partial charge in [0.15, 0.2) is 0 Å². The van der Waals surface area contributed by atoms with Crippen LogP contribution in [0.2, 0.25) is 5.02 Å². The summed E-state index contributed by atoms with van der Waals surface area (Å²) in [6.45, 7) is 6.47. The molecule has 0 unspecified atom stereocenters. The van der Waals surface area contributed by atoms with Gasteiger partial charge in [-0.25, -0.2) is 9.18 Å². The lowest BCUT2D eigenvalue weighted by Crippen LogP contribution is -2.44. The second-order valence-electron chi connectivity index (χ2n) is 7.30. The molecular weight excluding hydrogens is 331 g/mol. The van der Waals surface area contributed by atoms with Crippen LogP contribution in [0.15, 0.2) is 18.2 Å². The van der Waals surface area contributed by atoms with Gasteiger partial charge in [0.1, 0.15) is 5.82 Å². The van der Waals surface area contributed by atoms with Gasteiger partial charge in [0, 0.05) is 24.9 Å². The van der Waals surface area contributed by atoms with E-state index in [1.54, 1.807) is 38.0 Å². The average Bonchev–Trinajstić information content (AvgIpc) is 2.51. The molecular formula is C18H22ClFN2O2. The van der Waals surface area contributed by atoms with E-state index in [1.165, 1.54) is 6.07 Å². The number of carbonyl (C=O) groups excluding carboxylic acids is 1. The normalized spacial score (nSPS) is 18.0. The predicted molar refractivity (Wildman–Crippen MR) is 89.7 cm³/mol. The first-order chi connectivity index (χ1) is 11.2. The predicted octanol–water partition coefficient (Wildman–Crippen LogP) is 4.23. The van der Waals surface area contributed by atoms with E-state index < -0.39 is 16.6 Å². The third kappa shape index (κ3) is 4.06. The highest BCUT2D eigenvalue weighted by atomic mass is 35.5. The van der Waals surface area contributed by atoms with Crippen LogP contribution in [0.5, 0.6) is 0 Å². The zero-order valence-electron chi connectivity index (χ0n) is 14.2. The Kier molecular flexibility index (Phi) is 5.52. The SMILES string of the molecule is CC(C)(C)C(=O)ON1CCC(CC#N)(c2ccc(F)c(Cl)c2)CC1. The first-order valence-electron chi connectivity index (χ1n) is 7.98. The fraction of sp³-hybridized carbons (Fsp3) is 0.556. The summed E-state index contributed by atoms with van der Waals surface area (Å²) in [6, 6.07) is 6.86. The van der Waals surface area contributed by atoms with Crippen LogP contribution in [0.4, 0.5) is 4.39 Å². The molecule has 0 atom stereocenters. The Morgan fingerprint density at radius 1 is 1.42 bits per heavy atom. The van der Waals surface area contributed by atoms with Crippen molar-refractivity contribution in [3.63, 3.8) is 0 Å². The highest BCUT2D eigenvalue weighted by Crippen LogP contribution is 2.40. The maximum absolute atomic E-state index is 13.4. The van der Waals surface area contributed by atoms with Crippen molar-refractivity contribution in [3.8, 4) is 6.07 Å². The molecule has 24 heavy (non-hydrogen) atoms. The molecule has 1 saturated heterocycles. The lowest BCUT2D eigenvalue weighted by atomic mass is 9.71. The summed E-state index contributed by atoms with van der Waals surface area (Å²) < 4.78 is 13.4. The summed E-state index contributed by atoms with van der Waals surface area (Å²) in [6.07, 6.45) is 1.59. The van der Waals surface area contributed by atoms with E-state index in [9.17, 15) is 14.4 Å². The maximum Gasteiger partial charge on any atom is 0.330 e. The molecule has 0 saturated carbocycles. The Hall–Kier alpha value is -1.64. The third-order valence-corrected chi connectivity index (χ3v) is 4.74. The van der Waals surface area contributed by atoms with E-state index in [4.69, 9.17) is 16.4 Å². The van der Waals surface area contributed by atoms with E-state index in [2.05, 4.69) is 6.07 Å². The van der Waals surface area contributed by atoms with Gasteiger partial charge >= 0.3 is 5.97 Å². The van der Waals surface area contributed by atoms with Gasteiger partial charge in [-0.05, 0) is 51.3 Å². The molecule has 0 aromatic heterocycles. The number of piperidine rings is 1. The smallest absolute Gasteiger partial charge is 0.330 e.